The van der Waals surface area contributed by atoms with Crippen LogP contribution in [0.2, 0.25) is 9.91 Å². The SMILES string of the molecule is C[As]C1(C#N)Cc2ccccc2C1. The number of fused-ring (bicyclic) bond motifs is 1. The second kappa shape index (κ2) is 3.20. The van der Waals surface area contributed by atoms with E-state index in [1.165, 1.54) is 11.1 Å². The monoisotopic (exact) mass is 232 g/mol. The summed E-state index contributed by atoms with van der Waals surface area (Å²) in [6.45, 7) is 0. The molecule has 0 unspecified atom stereocenters. The summed E-state index contributed by atoms with van der Waals surface area (Å²) in [6, 6.07) is 11.0. The zero-order valence-corrected chi connectivity index (χ0v) is 9.49. The van der Waals surface area contributed by atoms with E-state index in [1.54, 1.807) is 0 Å². The first-order valence-corrected chi connectivity index (χ1v) is 7.20. The maximum absolute atomic E-state index is 9.16. The predicted molar refractivity (Wildman–Crippen MR) is 53.8 cm³/mol. The van der Waals surface area contributed by atoms with Crippen LogP contribution in [-0.2, 0) is 12.8 Å². The molecular formula is C11H11AsN. The van der Waals surface area contributed by atoms with Crippen LogP contribution in [0.25, 0.3) is 0 Å². The molecule has 0 atom stereocenters. The molecule has 0 bridgehead atoms. The fourth-order valence-electron chi connectivity index (χ4n) is 1.88. The van der Waals surface area contributed by atoms with E-state index in [-0.39, 0.29) is 20.0 Å². The van der Waals surface area contributed by atoms with Gasteiger partial charge >= 0.3 is 85.2 Å². The topological polar surface area (TPSA) is 23.8 Å². The van der Waals surface area contributed by atoms with Crippen LogP contribution in [0.3, 0.4) is 0 Å². The van der Waals surface area contributed by atoms with E-state index in [2.05, 4.69) is 36.0 Å². The summed E-state index contributed by atoms with van der Waals surface area (Å²) in [5.41, 5.74) is 4.98. The standard InChI is InChI=1S/C11H11AsN/c1-12-11(8-13)6-9-4-2-3-5-10(9)7-11/h2-5H,6-7H2,1H3. The molecule has 0 saturated carbocycles. The van der Waals surface area contributed by atoms with E-state index < -0.39 is 0 Å². The zero-order valence-electron chi connectivity index (χ0n) is 7.62. The summed E-state index contributed by atoms with van der Waals surface area (Å²) in [6.07, 6.45) is 1.96. The molecule has 65 valence electrons. The van der Waals surface area contributed by atoms with E-state index >= 15 is 0 Å². The molecule has 0 amide bonds. The van der Waals surface area contributed by atoms with Gasteiger partial charge in [-0.15, -0.1) is 0 Å². The van der Waals surface area contributed by atoms with E-state index in [4.69, 9.17) is 5.26 Å². The van der Waals surface area contributed by atoms with Gasteiger partial charge in [0.05, 0.1) is 0 Å². The molecule has 0 N–H and O–H groups in total. The number of hydrogen-bond acceptors (Lipinski definition) is 1. The van der Waals surface area contributed by atoms with Gasteiger partial charge in [0.2, 0.25) is 0 Å². The van der Waals surface area contributed by atoms with Gasteiger partial charge in [-0.1, -0.05) is 0 Å². The van der Waals surface area contributed by atoms with Gasteiger partial charge in [-0.25, -0.2) is 0 Å². The Bertz CT molecular complexity index is 340. The quantitative estimate of drug-likeness (QED) is 0.681. The van der Waals surface area contributed by atoms with Crippen molar-refractivity contribution in [2.75, 3.05) is 0 Å². The Kier molecular flexibility index (Phi) is 2.18. The summed E-state index contributed by atoms with van der Waals surface area (Å²) in [5.74, 6) is 0. The number of nitrogens with zero attached hydrogens (tertiary/aromatic N) is 1. The third-order valence-electron chi connectivity index (χ3n) is 2.72. The van der Waals surface area contributed by atoms with Gasteiger partial charge in [0.15, 0.2) is 0 Å². The molecule has 0 aromatic heterocycles. The Balaban J connectivity index is 2.37. The Labute approximate surface area is 85.5 Å². The molecule has 0 spiro atoms. The third kappa shape index (κ3) is 1.40. The molecule has 1 aliphatic rings. The van der Waals surface area contributed by atoms with E-state index in [9.17, 15) is 0 Å². The van der Waals surface area contributed by atoms with Crippen molar-refractivity contribution in [3.63, 3.8) is 0 Å². The number of hydrogen-bond donors (Lipinski definition) is 0. The van der Waals surface area contributed by atoms with Crippen LogP contribution in [0.4, 0.5) is 0 Å². The normalized spacial score (nSPS) is 18.8. The van der Waals surface area contributed by atoms with Gasteiger partial charge < -0.3 is 0 Å². The molecule has 1 aromatic rings. The second-order valence-corrected chi connectivity index (χ2v) is 6.22. The van der Waals surface area contributed by atoms with Crippen LogP contribution in [0.1, 0.15) is 11.1 Å². The van der Waals surface area contributed by atoms with E-state index in [0.717, 1.165) is 12.8 Å². The Morgan fingerprint density at radius 2 is 1.85 bits per heavy atom. The fourth-order valence-corrected chi connectivity index (χ4v) is 3.47. The van der Waals surface area contributed by atoms with Crippen molar-refractivity contribution < 1.29 is 0 Å². The van der Waals surface area contributed by atoms with E-state index in [0.29, 0.717) is 0 Å². The number of rotatable bonds is 1. The number of nitriles is 1. The molecule has 0 fully saturated rings. The average Bonchev–Trinajstić information content (AvgIpc) is 2.57. The van der Waals surface area contributed by atoms with Gasteiger partial charge in [0, 0.05) is 0 Å². The zero-order chi connectivity index (χ0) is 9.31. The molecular weight excluding hydrogens is 221 g/mol. The van der Waals surface area contributed by atoms with Crippen molar-refractivity contribution in [1.29, 1.82) is 5.26 Å². The summed E-state index contributed by atoms with van der Waals surface area (Å²) >= 11 is 0.148. The van der Waals surface area contributed by atoms with Gasteiger partial charge in [-0.3, -0.25) is 0 Å². The van der Waals surface area contributed by atoms with Crippen LogP contribution < -0.4 is 0 Å². The van der Waals surface area contributed by atoms with Crippen LogP contribution in [-0.4, -0.2) is 15.8 Å². The van der Waals surface area contributed by atoms with Gasteiger partial charge in [-0.2, -0.15) is 0 Å². The molecule has 0 saturated heterocycles. The van der Waals surface area contributed by atoms with Crippen LogP contribution >= 0.6 is 0 Å². The van der Waals surface area contributed by atoms with Crippen LogP contribution in [0, 0.1) is 11.3 Å². The first-order valence-electron chi connectivity index (χ1n) is 4.39. The minimum atomic E-state index is -0.0137. The summed E-state index contributed by atoms with van der Waals surface area (Å²) in [7, 11) is 0. The maximum atomic E-state index is 9.16. The molecule has 1 nitrogen and oxygen atoms in total. The number of benzene rings is 1. The van der Waals surface area contributed by atoms with Crippen molar-refractivity contribution in [3.05, 3.63) is 35.4 Å². The summed E-state index contributed by atoms with van der Waals surface area (Å²) < 4.78 is -0.0137. The average molecular weight is 232 g/mol. The molecule has 0 heterocycles. The molecule has 13 heavy (non-hydrogen) atoms. The summed E-state index contributed by atoms with van der Waals surface area (Å²) in [4.78, 5) is 0. The van der Waals surface area contributed by atoms with Crippen molar-refractivity contribution in [3.8, 4) is 6.07 Å². The molecule has 1 aliphatic carbocycles. The molecule has 0 aliphatic heterocycles. The molecule has 1 aromatic carbocycles. The molecule has 2 rings (SSSR count). The fraction of sp³-hybridized carbons (Fsp3) is 0.364. The van der Waals surface area contributed by atoms with Crippen molar-refractivity contribution in [2.45, 2.75) is 22.8 Å². The second-order valence-electron chi connectivity index (χ2n) is 3.49. The van der Waals surface area contributed by atoms with Gasteiger partial charge in [-0.05, 0) is 0 Å². The van der Waals surface area contributed by atoms with Crippen molar-refractivity contribution >= 4 is 15.8 Å². The Hall–Kier alpha value is -0.732. The minimum absolute atomic E-state index is 0.0137. The molecule has 1 radical (unpaired) electrons. The predicted octanol–water partition coefficient (Wildman–Crippen LogP) is 2.22. The van der Waals surface area contributed by atoms with E-state index in [1.807, 2.05) is 0 Å². The first kappa shape index (κ1) is 8.85. The van der Waals surface area contributed by atoms with Crippen molar-refractivity contribution in [2.24, 2.45) is 0 Å². The van der Waals surface area contributed by atoms with Crippen LogP contribution in [0.15, 0.2) is 24.3 Å². The first-order chi connectivity index (χ1) is 6.29. The Morgan fingerprint density at radius 1 is 1.31 bits per heavy atom. The third-order valence-corrected chi connectivity index (χ3v) is 5.39. The van der Waals surface area contributed by atoms with Gasteiger partial charge in [0.1, 0.15) is 0 Å². The van der Waals surface area contributed by atoms with Gasteiger partial charge in [0.25, 0.3) is 0 Å². The summed E-state index contributed by atoms with van der Waals surface area (Å²) in [5, 5.41) is 9.16. The van der Waals surface area contributed by atoms with Crippen molar-refractivity contribution in [1.82, 2.24) is 0 Å². The molecule has 2 heteroatoms. The van der Waals surface area contributed by atoms with Crippen LogP contribution in [0.5, 0.6) is 0 Å². The Morgan fingerprint density at radius 3 is 2.23 bits per heavy atom.